The monoisotopic (exact) mass is 453 g/mol. The normalized spacial score (nSPS) is 20.6. The maximum absolute atomic E-state index is 13.1. The largest absolute Gasteiger partial charge is 0.382 e. The van der Waals surface area contributed by atoms with Gasteiger partial charge in [0.05, 0.1) is 6.04 Å². The molecule has 5 rings (SSSR count). The first-order valence-electron chi connectivity index (χ1n) is 12.9. The van der Waals surface area contributed by atoms with E-state index in [0.29, 0.717) is 6.04 Å². The Morgan fingerprint density at radius 1 is 1.12 bits per heavy atom. The van der Waals surface area contributed by atoms with Crippen molar-refractivity contribution in [1.82, 2.24) is 9.88 Å². The Morgan fingerprint density at radius 2 is 1.88 bits per heavy atom. The van der Waals surface area contributed by atoms with E-state index in [2.05, 4.69) is 71.7 Å². The third-order valence-electron chi connectivity index (χ3n) is 7.68. The van der Waals surface area contributed by atoms with Gasteiger partial charge < -0.3 is 15.2 Å². The number of benzene rings is 2. The Morgan fingerprint density at radius 3 is 2.62 bits per heavy atom. The standard InChI is InChI=1S/C30H35N3O/c1-3-5-13-24-20-26-25-14-9-10-15-27(25)32-29(26)30(33(24)28(34)4-2)21-16-18-23(19-17-21)31-22-11-7-6-8-12-22/h2,9-10,14-19,22,24,30-32H,3,5-8,11-13,20H2,1H3/t24-,30-/m0/s1. The molecule has 2 aromatic carbocycles. The third-order valence-corrected chi connectivity index (χ3v) is 7.68. The third kappa shape index (κ3) is 4.32. The van der Waals surface area contributed by atoms with Crippen LogP contribution >= 0.6 is 0 Å². The lowest BCUT2D eigenvalue weighted by Gasteiger charge is -2.41. The predicted octanol–water partition coefficient (Wildman–Crippen LogP) is 6.58. The summed E-state index contributed by atoms with van der Waals surface area (Å²) in [5.41, 5.74) is 5.81. The van der Waals surface area contributed by atoms with Crippen LogP contribution in [0, 0.1) is 12.3 Å². The second kappa shape index (κ2) is 9.97. The maximum atomic E-state index is 13.1. The molecule has 1 aliphatic carbocycles. The van der Waals surface area contributed by atoms with Crippen LogP contribution in [0.3, 0.4) is 0 Å². The molecule has 1 aliphatic heterocycles. The minimum atomic E-state index is -0.222. The van der Waals surface area contributed by atoms with E-state index < -0.39 is 0 Å². The van der Waals surface area contributed by atoms with E-state index in [0.717, 1.165) is 48.1 Å². The molecule has 1 fully saturated rings. The molecule has 3 aromatic rings. The van der Waals surface area contributed by atoms with Gasteiger partial charge in [-0.2, -0.15) is 0 Å². The Bertz CT molecular complexity index is 1180. The number of nitrogens with zero attached hydrogens (tertiary/aromatic N) is 1. The molecule has 1 aromatic heterocycles. The lowest BCUT2D eigenvalue weighted by Crippen LogP contribution is -2.47. The van der Waals surface area contributed by atoms with Crippen molar-refractivity contribution in [2.75, 3.05) is 5.32 Å². The number of amides is 1. The quantitative estimate of drug-likeness (QED) is 0.414. The highest BCUT2D eigenvalue weighted by Crippen LogP contribution is 2.42. The summed E-state index contributed by atoms with van der Waals surface area (Å²) in [5, 5.41) is 4.97. The van der Waals surface area contributed by atoms with E-state index in [9.17, 15) is 4.79 Å². The molecule has 2 N–H and O–H groups in total. The fourth-order valence-corrected chi connectivity index (χ4v) is 5.97. The van der Waals surface area contributed by atoms with E-state index in [1.54, 1.807) is 0 Å². The van der Waals surface area contributed by atoms with E-state index in [4.69, 9.17) is 6.42 Å². The molecule has 0 bridgehead atoms. The summed E-state index contributed by atoms with van der Waals surface area (Å²) in [5.74, 6) is 2.21. The molecule has 176 valence electrons. The van der Waals surface area contributed by atoms with E-state index >= 15 is 0 Å². The molecule has 2 aliphatic rings. The van der Waals surface area contributed by atoms with Gasteiger partial charge in [0.1, 0.15) is 0 Å². The van der Waals surface area contributed by atoms with Crippen molar-refractivity contribution >= 4 is 22.5 Å². The molecule has 2 atom stereocenters. The van der Waals surface area contributed by atoms with Gasteiger partial charge in [-0.25, -0.2) is 0 Å². The van der Waals surface area contributed by atoms with Gasteiger partial charge in [-0.3, -0.25) is 4.79 Å². The van der Waals surface area contributed by atoms with E-state index in [-0.39, 0.29) is 18.0 Å². The second-order valence-corrected chi connectivity index (χ2v) is 9.92. The molecular weight excluding hydrogens is 418 g/mol. The molecule has 0 spiro atoms. The minimum Gasteiger partial charge on any atom is -0.382 e. The number of hydrogen-bond donors (Lipinski definition) is 2. The van der Waals surface area contributed by atoms with Gasteiger partial charge in [-0.05, 0) is 60.9 Å². The summed E-state index contributed by atoms with van der Waals surface area (Å²) in [6.45, 7) is 2.20. The van der Waals surface area contributed by atoms with Crippen LogP contribution in [0.2, 0.25) is 0 Å². The van der Waals surface area contributed by atoms with E-state index in [1.807, 2.05) is 4.90 Å². The second-order valence-electron chi connectivity index (χ2n) is 9.92. The van der Waals surface area contributed by atoms with Gasteiger partial charge in [-0.1, -0.05) is 69.4 Å². The van der Waals surface area contributed by atoms with Gasteiger partial charge in [-0.15, -0.1) is 6.42 Å². The number of carbonyl (C=O) groups is 1. The number of para-hydroxylation sites is 1. The first-order valence-corrected chi connectivity index (χ1v) is 12.9. The number of H-pyrrole nitrogens is 1. The number of aromatic amines is 1. The number of unbranched alkanes of at least 4 members (excludes halogenated alkanes) is 1. The smallest absolute Gasteiger partial charge is 0.299 e. The first-order chi connectivity index (χ1) is 16.7. The van der Waals surface area contributed by atoms with Crippen LogP contribution in [0.25, 0.3) is 10.9 Å². The van der Waals surface area contributed by atoms with Crippen molar-refractivity contribution in [3.8, 4) is 12.3 Å². The Balaban J connectivity index is 1.54. The fraction of sp³-hybridized carbons (Fsp3) is 0.433. The lowest BCUT2D eigenvalue weighted by atomic mass is 9.86. The zero-order chi connectivity index (χ0) is 23.5. The van der Waals surface area contributed by atoms with Crippen molar-refractivity contribution < 1.29 is 4.79 Å². The highest BCUT2D eigenvalue weighted by Gasteiger charge is 2.39. The predicted molar refractivity (Wildman–Crippen MR) is 140 cm³/mol. The van der Waals surface area contributed by atoms with Gasteiger partial charge in [0.15, 0.2) is 0 Å². The molecule has 1 saturated carbocycles. The number of carbonyl (C=O) groups excluding carboxylic acids is 1. The summed E-state index contributed by atoms with van der Waals surface area (Å²) in [6, 6.07) is 17.6. The van der Waals surface area contributed by atoms with Crippen molar-refractivity contribution in [2.45, 2.75) is 82.8 Å². The maximum Gasteiger partial charge on any atom is 0.299 e. The molecule has 2 heterocycles. The Labute approximate surface area is 203 Å². The van der Waals surface area contributed by atoms with E-state index in [1.165, 1.54) is 43.1 Å². The molecule has 0 saturated heterocycles. The molecule has 4 nitrogen and oxygen atoms in total. The van der Waals surface area contributed by atoms with Gasteiger partial charge in [0.2, 0.25) is 0 Å². The molecule has 34 heavy (non-hydrogen) atoms. The number of terminal acetylenes is 1. The average molecular weight is 454 g/mol. The van der Waals surface area contributed by atoms with Gasteiger partial charge in [0, 0.05) is 34.4 Å². The van der Waals surface area contributed by atoms with Crippen LogP contribution in [-0.2, 0) is 11.2 Å². The topological polar surface area (TPSA) is 48.1 Å². The zero-order valence-corrected chi connectivity index (χ0v) is 20.1. The molecular formula is C30H35N3O. The highest BCUT2D eigenvalue weighted by atomic mass is 16.2. The average Bonchev–Trinajstić information content (AvgIpc) is 3.25. The number of rotatable bonds is 6. The molecule has 0 unspecified atom stereocenters. The number of fused-ring (bicyclic) bond motifs is 3. The van der Waals surface area contributed by atoms with Crippen molar-refractivity contribution in [3.63, 3.8) is 0 Å². The lowest BCUT2D eigenvalue weighted by molar-refractivity contribution is -0.130. The van der Waals surface area contributed by atoms with Crippen LogP contribution in [0.5, 0.6) is 0 Å². The first kappa shape index (κ1) is 22.6. The highest BCUT2D eigenvalue weighted by molar-refractivity contribution is 5.95. The number of hydrogen-bond acceptors (Lipinski definition) is 2. The van der Waals surface area contributed by atoms with Crippen LogP contribution in [-0.4, -0.2) is 27.9 Å². The summed E-state index contributed by atoms with van der Waals surface area (Å²) >= 11 is 0. The van der Waals surface area contributed by atoms with Crippen LogP contribution in [0.4, 0.5) is 5.69 Å². The van der Waals surface area contributed by atoms with Crippen LogP contribution in [0.15, 0.2) is 48.5 Å². The molecule has 1 amide bonds. The zero-order valence-electron chi connectivity index (χ0n) is 20.1. The van der Waals surface area contributed by atoms with Gasteiger partial charge in [0.25, 0.3) is 5.91 Å². The summed E-state index contributed by atoms with van der Waals surface area (Å²) in [4.78, 5) is 18.8. The summed E-state index contributed by atoms with van der Waals surface area (Å²) in [6.07, 6.45) is 16.1. The minimum absolute atomic E-state index is 0.0975. The number of anilines is 1. The molecule has 0 radical (unpaired) electrons. The van der Waals surface area contributed by atoms with Crippen LogP contribution < -0.4 is 5.32 Å². The number of nitrogens with one attached hydrogen (secondary N) is 2. The number of aromatic nitrogens is 1. The SMILES string of the molecule is C#CC(=O)N1[C@@H](CCCC)Cc2c([nH]c3ccccc23)[C@@H]1c1ccc(NC2CCCCC2)cc1. The summed E-state index contributed by atoms with van der Waals surface area (Å²) < 4.78 is 0. The van der Waals surface area contributed by atoms with Crippen molar-refractivity contribution in [2.24, 2.45) is 0 Å². The van der Waals surface area contributed by atoms with Crippen molar-refractivity contribution in [3.05, 3.63) is 65.4 Å². The van der Waals surface area contributed by atoms with Gasteiger partial charge >= 0.3 is 0 Å². The van der Waals surface area contributed by atoms with Crippen LogP contribution in [0.1, 0.15) is 81.2 Å². The Hall–Kier alpha value is -3.19. The molecule has 4 heteroatoms. The fourth-order valence-electron chi connectivity index (χ4n) is 5.97. The van der Waals surface area contributed by atoms with Crippen molar-refractivity contribution in [1.29, 1.82) is 0 Å². The Kier molecular flexibility index (Phi) is 6.63. The summed E-state index contributed by atoms with van der Waals surface area (Å²) in [7, 11) is 0.